The van der Waals surface area contributed by atoms with Crippen LogP contribution >= 0.6 is 11.8 Å². The first kappa shape index (κ1) is 19.1. The van der Waals surface area contributed by atoms with Crippen LogP contribution in [0.1, 0.15) is 26.2 Å². The minimum absolute atomic E-state index is 0.0381. The van der Waals surface area contributed by atoms with Crippen LogP contribution in [0.3, 0.4) is 0 Å². The molecule has 0 saturated carbocycles. The predicted molar refractivity (Wildman–Crippen MR) is 96.1 cm³/mol. The summed E-state index contributed by atoms with van der Waals surface area (Å²) in [5.74, 6) is 1.82. The molecule has 0 aliphatic rings. The lowest BCUT2D eigenvalue weighted by Crippen LogP contribution is -2.26. The Balaban J connectivity index is 1.93. The van der Waals surface area contributed by atoms with Gasteiger partial charge in [-0.1, -0.05) is 31.5 Å². The number of hydrogen-bond donors (Lipinski definition) is 1. The Morgan fingerprint density at radius 3 is 2.52 bits per heavy atom. The number of unbranched alkanes of at least 4 members (excludes halogenated alkanes) is 2. The van der Waals surface area contributed by atoms with E-state index >= 15 is 0 Å². The number of aromatic nitrogens is 2. The zero-order valence-electron chi connectivity index (χ0n) is 14.7. The summed E-state index contributed by atoms with van der Waals surface area (Å²) >= 11 is 1.21. The summed E-state index contributed by atoms with van der Waals surface area (Å²) in [5, 5.41) is 11.2. The summed E-state index contributed by atoms with van der Waals surface area (Å²) < 4.78 is 16.1. The minimum atomic E-state index is -0.0381. The summed E-state index contributed by atoms with van der Waals surface area (Å²) in [6, 6.07) is 5.33. The summed E-state index contributed by atoms with van der Waals surface area (Å²) in [6.45, 7) is 2.83. The molecule has 1 heterocycles. The quantitative estimate of drug-likeness (QED) is 0.511. The first-order valence-electron chi connectivity index (χ1n) is 8.12. The van der Waals surface area contributed by atoms with Crippen LogP contribution in [-0.4, -0.2) is 42.6 Å². The van der Waals surface area contributed by atoms with E-state index in [0.29, 0.717) is 34.7 Å². The number of benzene rings is 1. The Bertz CT molecular complexity index is 668. The molecule has 2 rings (SSSR count). The topological polar surface area (TPSA) is 86.5 Å². The lowest BCUT2D eigenvalue weighted by atomic mass is 10.2. The van der Waals surface area contributed by atoms with Gasteiger partial charge in [0.2, 0.25) is 11.8 Å². The standard InChI is InChI=1S/C17H23N3O4S/c1-4-5-6-7-18-15(21)11-25-17-20-19-16(24-17)12-8-13(22-2)10-14(9-12)23-3/h8-10H,4-7,11H2,1-3H3,(H,18,21). The van der Waals surface area contributed by atoms with Gasteiger partial charge in [0.05, 0.1) is 20.0 Å². The van der Waals surface area contributed by atoms with Crippen molar-refractivity contribution in [2.75, 3.05) is 26.5 Å². The van der Waals surface area contributed by atoms with Crippen molar-refractivity contribution in [1.29, 1.82) is 0 Å². The highest BCUT2D eigenvalue weighted by Gasteiger charge is 2.13. The number of carbonyl (C=O) groups excluding carboxylic acids is 1. The van der Waals surface area contributed by atoms with Crippen molar-refractivity contribution in [3.63, 3.8) is 0 Å². The average molecular weight is 365 g/mol. The molecule has 8 heteroatoms. The molecule has 0 aliphatic carbocycles. The first-order chi connectivity index (χ1) is 12.2. The number of methoxy groups -OCH3 is 2. The van der Waals surface area contributed by atoms with Crippen molar-refractivity contribution in [2.45, 2.75) is 31.4 Å². The Labute approximate surface area is 151 Å². The number of nitrogens with one attached hydrogen (secondary N) is 1. The summed E-state index contributed by atoms with van der Waals surface area (Å²) in [5.41, 5.74) is 0.694. The fraction of sp³-hybridized carbons (Fsp3) is 0.471. The van der Waals surface area contributed by atoms with Gasteiger partial charge < -0.3 is 19.2 Å². The lowest BCUT2D eigenvalue weighted by molar-refractivity contribution is -0.118. The highest BCUT2D eigenvalue weighted by Crippen LogP contribution is 2.30. The van der Waals surface area contributed by atoms with Gasteiger partial charge in [0, 0.05) is 18.2 Å². The fourth-order valence-corrected chi connectivity index (χ4v) is 2.69. The maximum atomic E-state index is 11.8. The Hall–Kier alpha value is -2.22. The molecule has 0 spiro atoms. The number of nitrogens with zero attached hydrogens (tertiary/aromatic N) is 2. The molecule has 1 amide bonds. The van der Waals surface area contributed by atoms with E-state index in [1.54, 1.807) is 32.4 Å². The van der Waals surface area contributed by atoms with E-state index in [0.717, 1.165) is 19.3 Å². The number of rotatable bonds is 10. The molecule has 1 N–H and O–H groups in total. The van der Waals surface area contributed by atoms with Gasteiger partial charge in [-0.05, 0) is 18.6 Å². The summed E-state index contributed by atoms with van der Waals surface area (Å²) in [7, 11) is 3.15. The van der Waals surface area contributed by atoms with Crippen LogP contribution in [0.15, 0.2) is 27.8 Å². The third-order valence-corrected chi connectivity index (χ3v) is 4.25. The van der Waals surface area contributed by atoms with Crippen LogP contribution in [0.25, 0.3) is 11.5 Å². The Morgan fingerprint density at radius 2 is 1.88 bits per heavy atom. The van der Waals surface area contributed by atoms with Crippen molar-refractivity contribution < 1.29 is 18.7 Å². The second-order valence-electron chi connectivity index (χ2n) is 5.32. The smallest absolute Gasteiger partial charge is 0.277 e. The number of carbonyl (C=O) groups is 1. The maximum Gasteiger partial charge on any atom is 0.277 e. The molecule has 1 aromatic carbocycles. The third kappa shape index (κ3) is 5.97. The molecule has 0 unspecified atom stereocenters. The largest absolute Gasteiger partial charge is 0.497 e. The van der Waals surface area contributed by atoms with Crippen molar-refractivity contribution in [1.82, 2.24) is 15.5 Å². The number of hydrogen-bond acceptors (Lipinski definition) is 7. The van der Waals surface area contributed by atoms with Gasteiger partial charge >= 0.3 is 0 Å². The van der Waals surface area contributed by atoms with Crippen LogP contribution in [0.5, 0.6) is 11.5 Å². The van der Waals surface area contributed by atoms with Crippen LogP contribution in [-0.2, 0) is 4.79 Å². The number of thioether (sulfide) groups is 1. The predicted octanol–water partition coefficient (Wildman–Crippen LogP) is 3.15. The van der Waals surface area contributed by atoms with Gasteiger partial charge in [0.1, 0.15) is 11.5 Å². The lowest BCUT2D eigenvalue weighted by Gasteiger charge is -2.05. The summed E-state index contributed by atoms with van der Waals surface area (Å²) in [6.07, 6.45) is 3.24. The summed E-state index contributed by atoms with van der Waals surface area (Å²) in [4.78, 5) is 11.8. The van der Waals surface area contributed by atoms with E-state index in [1.807, 2.05) is 0 Å². The average Bonchev–Trinajstić information content (AvgIpc) is 3.12. The molecule has 0 radical (unpaired) electrons. The SMILES string of the molecule is CCCCCNC(=O)CSc1nnc(-c2cc(OC)cc(OC)c2)o1. The van der Waals surface area contributed by atoms with Gasteiger partial charge in [0.15, 0.2) is 0 Å². The number of ether oxygens (including phenoxy) is 2. The van der Waals surface area contributed by atoms with Gasteiger partial charge in [-0.25, -0.2) is 0 Å². The molecule has 0 aliphatic heterocycles. The van der Waals surface area contributed by atoms with E-state index < -0.39 is 0 Å². The Kier molecular flexibility index (Phi) is 7.59. The fourth-order valence-electron chi connectivity index (χ4n) is 2.10. The molecule has 0 saturated heterocycles. The van der Waals surface area contributed by atoms with Gasteiger partial charge in [0.25, 0.3) is 5.22 Å². The van der Waals surface area contributed by atoms with Gasteiger partial charge in [-0.15, -0.1) is 10.2 Å². The minimum Gasteiger partial charge on any atom is -0.497 e. The highest BCUT2D eigenvalue weighted by molar-refractivity contribution is 7.99. The van der Waals surface area contributed by atoms with Crippen LogP contribution in [0.4, 0.5) is 0 Å². The highest BCUT2D eigenvalue weighted by atomic mass is 32.2. The third-order valence-electron chi connectivity index (χ3n) is 3.43. The van der Waals surface area contributed by atoms with Gasteiger partial charge in [-0.3, -0.25) is 4.79 Å². The molecule has 25 heavy (non-hydrogen) atoms. The molecule has 136 valence electrons. The number of amides is 1. The van der Waals surface area contributed by atoms with Crippen molar-refractivity contribution >= 4 is 17.7 Å². The Morgan fingerprint density at radius 1 is 1.16 bits per heavy atom. The zero-order chi connectivity index (χ0) is 18.1. The molecule has 2 aromatic rings. The van der Waals surface area contributed by atoms with E-state index in [9.17, 15) is 4.79 Å². The van der Waals surface area contributed by atoms with Crippen LogP contribution in [0, 0.1) is 0 Å². The second-order valence-corrected chi connectivity index (χ2v) is 6.25. The zero-order valence-corrected chi connectivity index (χ0v) is 15.5. The molecule has 0 bridgehead atoms. The van der Waals surface area contributed by atoms with Crippen molar-refractivity contribution in [3.8, 4) is 23.0 Å². The van der Waals surface area contributed by atoms with Crippen molar-refractivity contribution in [2.24, 2.45) is 0 Å². The molecule has 1 aromatic heterocycles. The van der Waals surface area contributed by atoms with Crippen LogP contribution in [0.2, 0.25) is 0 Å². The normalized spacial score (nSPS) is 10.5. The molecule has 0 atom stereocenters. The van der Waals surface area contributed by atoms with Gasteiger partial charge in [-0.2, -0.15) is 0 Å². The van der Waals surface area contributed by atoms with E-state index in [1.165, 1.54) is 11.8 Å². The van der Waals surface area contributed by atoms with Crippen LogP contribution < -0.4 is 14.8 Å². The van der Waals surface area contributed by atoms with E-state index in [-0.39, 0.29) is 11.7 Å². The molecule has 0 fully saturated rings. The monoisotopic (exact) mass is 365 g/mol. The first-order valence-corrected chi connectivity index (χ1v) is 9.11. The van der Waals surface area contributed by atoms with Crippen molar-refractivity contribution in [3.05, 3.63) is 18.2 Å². The molecular formula is C17H23N3O4S. The van der Waals surface area contributed by atoms with E-state index in [4.69, 9.17) is 13.9 Å². The molecular weight excluding hydrogens is 342 g/mol. The second kappa shape index (κ2) is 9.93. The van der Waals surface area contributed by atoms with E-state index in [2.05, 4.69) is 22.4 Å². The molecule has 7 nitrogen and oxygen atoms in total. The maximum absolute atomic E-state index is 11.8.